The number of aromatic nitrogens is 1. The van der Waals surface area contributed by atoms with Crippen LogP contribution in [0.1, 0.15) is 30.3 Å². The molecule has 2 aromatic rings. The molecule has 0 aliphatic heterocycles. The zero-order valence-electron chi connectivity index (χ0n) is 10.2. The van der Waals surface area contributed by atoms with E-state index >= 15 is 0 Å². The number of fused-ring (bicyclic) bond motifs is 1. The molecule has 0 atom stereocenters. The van der Waals surface area contributed by atoms with Crippen LogP contribution in [0.5, 0.6) is 0 Å². The summed E-state index contributed by atoms with van der Waals surface area (Å²) in [6, 6.07) is 8.33. The maximum absolute atomic E-state index is 11.9. The predicted molar refractivity (Wildman–Crippen MR) is 70.1 cm³/mol. The zero-order chi connectivity index (χ0) is 13.1. The maximum Gasteiger partial charge on any atom is 0.352 e. The second-order valence-electron chi connectivity index (χ2n) is 4.22. The average molecular weight is 245 g/mol. The van der Waals surface area contributed by atoms with Crippen LogP contribution in [-0.4, -0.2) is 15.6 Å². The lowest BCUT2D eigenvalue weighted by atomic mass is 10.1. The number of rotatable bonds is 4. The number of carbonyl (C=O) groups is 1. The van der Waals surface area contributed by atoms with E-state index in [1.54, 1.807) is 22.8 Å². The number of hydrogen-bond donors (Lipinski definition) is 1. The molecule has 0 bridgehead atoms. The smallest absolute Gasteiger partial charge is 0.352 e. The highest BCUT2D eigenvalue weighted by Crippen LogP contribution is 2.14. The van der Waals surface area contributed by atoms with Crippen molar-refractivity contribution in [2.24, 2.45) is 0 Å². The van der Waals surface area contributed by atoms with Crippen LogP contribution in [0, 0.1) is 0 Å². The lowest BCUT2D eigenvalue weighted by Crippen LogP contribution is -2.18. The summed E-state index contributed by atoms with van der Waals surface area (Å²) in [5.41, 5.74) is 0.513. The summed E-state index contributed by atoms with van der Waals surface area (Å²) in [5, 5.41) is 9.76. The number of pyridine rings is 1. The lowest BCUT2D eigenvalue weighted by molar-refractivity contribution is 0.0684. The number of nitrogens with zero attached hydrogens (tertiary/aromatic N) is 1. The van der Waals surface area contributed by atoms with E-state index in [0.717, 1.165) is 12.8 Å². The van der Waals surface area contributed by atoms with Crippen molar-refractivity contribution >= 4 is 16.9 Å². The van der Waals surface area contributed by atoms with Gasteiger partial charge < -0.3 is 9.67 Å². The van der Waals surface area contributed by atoms with E-state index in [4.69, 9.17) is 0 Å². The summed E-state index contributed by atoms with van der Waals surface area (Å²) < 4.78 is 1.71. The monoisotopic (exact) mass is 245 g/mol. The fourth-order valence-corrected chi connectivity index (χ4v) is 2.06. The molecule has 0 unspecified atom stereocenters. The Labute approximate surface area is 104 Å². The van der Waals surface area contributed by atoms with E-state index in [0.29, 0.717) is 17.4 Å². The molecule has 1 aromatic heterocycles. The molecule has 0 radical (unpaired) electrons. The highest BCUT2D eigenvalue weighted by atomic mass is 16.4. The van der Waals surface area contributed by atoms with Gasteiger partial charge in [-0.25, -0.2) is 4.79 Å². The number of carboxylic acid groups (broad SMARTS) is 1. The van der Waals surface area contributed by atoms with Gasteiger partial charge in [-0.2, -0.15) is 0 Å². The summed E-state index contributed by atoms with van der Waals surface area (Å²) in [6.07, 6.45) is 1.85. The zero-order valence-corrected chi connectivity index (χ0v) is 10.2. The minimum atomic E-state index is -1.06. The standard InChI is InChI=1S/C14H15NO3/c1-2-3-8-15-11-7-5-4-6-10(11)13(16)9-12(15)14(17)18/h4-7,9H,2-3,8H2,1H3,(H,17,18). The highest BCUT2D eigenvalue weighted by molar-refractivity contribution is 5.90. The molecule has 0 amide bonds. The van der Waals surface area contributed by atoms with Gasteiger partial charge in [-0.15, -0.1) is 0 Å². The highest BCUT2D eigenvalue weighted by Gasteiger charge is 2.13. The molecule has 4 nitrogen and oxygen atoms in total. The Morgan fingerprint density at radius 2 is 2.06 bits per heavy atom. The number of benzene rings is 1. The van der Waals surface area contributed by atoms with Gasteiger partial charge in [0, 0.05) is 18.0 Å². The van der Waals surface area contributed by atoms with Crippen LogP contribution in [0.2, 0.25) is 0 Å². The minimum Gasteiger partial charge on any atom is -0.477 e. The van der Waals surface area contributed by atoms with Crippen molar-refractivity contribution in [1.82, 2.24) is 4.57 Å². The van der Waals surface area contributed by atoms with Gasteiger partial charge >= 0.3 is 5.97 Å². The topological polar surface area (TPSA) is 59.3 Å². The van der Waals surface area contributed by atoms with Crippen LogP contribution in [0.4, 0.5) is 0 Å². The third-order valence-electron chi connectivity index (χ3n) is 2.97. The molecular formula is C14H15NO3. The van der Waals surface area contributed by atoms with Gasteiger partial charge in [0.2, 0.25) is 0 Å². The Kier molecular flexibility index (Phi) is 3.46. The number of carboxylic acids is 1. The van der Waals surface area contributed by atoms with E-state index in [9.17, 15) is 14.7 Å². The van der Waals surface area contributed by atoms with Crippen LogP contribution in [-0.2, 0) is 6.54 Å². The van der Waals surface area contributed by atoms with Gasteiger partial charge in [-0.3, -0.25) is 4.79 Å². The van der Waals surface area contributed by atoms with Crippen LogP contribution in [0.15, 0.2) is 35.1 Å². The molecule has 0 aliphatic carbocycles. The van der Waals surface area contributed by atoms with Crippen molar-refractivity contribution in [1.29, 1.82) is 0 Å². The van der Waals surface area contributed by atoms with Gasteiger partial charge in [0.15, 0.2) is 5.43 Å². The number of aromatic carboxylic acids is 1. The molecule has 2 rings (SSSR count). The summed E-state index contributed by atoms with van der Waals surface area (Å²) in [7, 11) is 0. The van der Waals surface area contributed by atoms with E-state index < -0.39 is 5.97 Å². The first-order valence-electron chi connectivity index (χ1n) is 6.01. The number of hydrogen-bond acceptors (Lipinski definition) is 2. The summed E-state index contributed by atoms with van der Waals surface area (Å²) >= 11 is 0. The van der Waals surface area contributed by atoms with Crippen molar-refractivity contribution < 1.29 is 9.90 Å². The molecular weight excluding hydrogens is 230 g/mol. The third kappa shape index (κ3) is 2.14. The van der Waals surface area contributed by atoms with E-state index in [-0.39, 0.29) is 11.1 Å². The molecule has 0 saturated carbocycles. The molecule has 0 fully saturated rings. The van der Waals surface area contributed by atoms with Crippen molar-refractivity contribution in [3.63, 3.8) is 0 Å². The second-order valence-corrected chi connectivity index (χ2v) is 4.22. The van der Waals surface area contributed by atoms with Gasteiger partial charge in [-0.1, -0.05) is 25.5 Å². The molecule has 94 valence electrons. The maximum atomic E-state index is 11.9. The van der Waals surface area contributed by atoms with Gasteiger partial charge in [-0.05, 0) is 18.6 Å². The summed E-state index contributed by atoms with van der Waals surface area (Å²) in [6.45, 7) is 2.66. The fourth-order valence-electron chi connectivity index (χ4n) is 2.06. The Bertz CT molecular complexity index is 643. The van der Waals surface area contributed by atoms with E-state index in [1.807, 2.05) is 13.0 Å². The fraction of sp³-hybridized carbons (Fsp3) is 0.286. The first kappa shape index (κ1) is 12.4. The van der Waals surface area contributed by atoms with Crippen molar-refractivity contribution in [2.75, 3.05) is 0 Å². The normalized spacial score (nSPS) is 10.7. The number of aryl methyl sites for hydroxylation is 1. The minimum absolute atomic E-state index is 0.0622. The molecule has 0 saturated heterocycles. The van der Waals surface area contributed by atoms with Crippen molar-refractivity contribution in [3.05, 3.63) is 46.2 Å². The van der Waals surface area contributed by atoms with E-state index in [2.05, 4.69) is 0 Å². The first-order chi connectivity index (χ1) is 8.65. The largest absolute Gasteiger partial charge is 0.477 e. The Hall–Kier alpha value is -2.10. The van der Waals surface area contributed by atoms with Crippen LogP contribution >= 0.6 is 0 Å². The molecule has 18 heavy (non-hydrogen) atoms. The Morgan fingerprint density at radius 3 is 2.72 bits per heavy atom. The second kappa shape index (κ2) is 5.04. The Morgan fingerprint density at radius 1 is 1.33 bits per heavy atom. The summed E-state index contributed by atoms with van der Waals surface area (Å²) in [5.74, 6) is -1.06. The van der Waals surface area contributed by atoms with E-state index in [1.165, 1.54) is 6.07 Å². The van der Waals surface area contributed by atoms with Gasteiger partial charge in [0.1, 0.15) is 5.69 Å². The van der Waals surface area contributed by atoms with Gasteiger partial charge in [0.25, 0.3) is 0 Å². The van der Waals surface area contributed by atoms with Crippen LogP contribution in [0.3, 0.4) is 0 Å². The predicted octanol–water partition coefficient (Wildman–Crippen LogP) is 2.50. The molecule has 1 heterocycles. The first-order valence-corrected chi connectivity index (χ1v) is 6.01. The average Bonchev–Trinajstić information content (AvgIpc) is 2.37. The SMILES string of the molecule is CCCCn1c(C(=O)O)cc(=O)c2ccccc21. The lowest BCUT2D eigenvalue weighted by Gasteiger charge is -2.13. The molecule has 1 aromatic carbocycles. The summed E-state index contributed by atoms with van der Waals surface area (Å²) in [4.78, 5) is 23.1. The molecule has 0 aliphatic rings. The van der Waals surface area contributed by atoms with Crippen molar-refractivity contribution in [3.8, 4) is 0 Å². The number of para-hydroxylation sites is 1. The van der Waals surface area contributed by atoms with Gasteiger partial charge in [0.05, 0.1) is 5.52 Å². The van der Waals surface area contributed by atoms with Crippen LogP contribution in [0.25, 0.3) is 10.9 Å². The van der Waals surface area contributed by atoms with Crippen LogP contribution < -0.4 is 5.43 Å². The molecule has 0 spiro atoms. The molecule has 1 N–H and O–H groups in total. The molecule has 4 heteroatoms. The van der Waals surface area contributed by atoms with Crippen molar-refractivity contribution in [2.45, 2.75) is 26.3 Å². The third-order valence-corrected chi connectivity index (χ3v) is 2.97. The quantitative estimate of drug-likeness (QED) is 0.900. The Balaban J connectivity index is 2.75. The number of unbranched alkanes of at least 4 members (excludes halogenated alkanes) is 1.